The summed E-state index contributed by atoms with van der Waals surface area (Å²) in [5.74, 6) is 1.83. The molecule has 24 heavy (non-hydrogen) atoms. The molecule has 2 N–H and O–H groups in total. The van der Waals surface area contributed by atoms with E-state index in [1.807, 2.05) is 0 Å². The first-order valence-corrected chi connectivity index (χ1v) is 8.21. The molecule has 1 aliphatic heterocycles. The van der Waals surface area contributed by atoms with Crippen molar-refractivity contribution in [3.05, 3.63) is 53.5 Å². The monoisotopic (exact) mass is 326 g/mol. The van der Waals surface area contributed by atoms with E-state index in [0.717, 1.165) is 41.4 Å². The molecular weight excluding hydrogens is 307 g/mol. The van der Waals surface area contributed by atoms with E-state index in [9.17, 15) is 4.39 Å². The van der Waals surface area contributed by atoms with Gasteiger partial charge in [-0.15, -0.1) is 10.2 Å². The third kappa shape index (κ3) is 2.94. The molecule has 0 fully saturated rings. The summed E-state index contributed by atoms with van der Waals surface area (Å²) in [5, 5.41) is 19.1. The van der Waals surface area contributed by atoms with Crippen LogP contribution in [-0.4, -0.2) is 25.0 Å². The Labute approximate surface area is 139 Å². The van der Waals surface area contributed by atoms with Crippen LogP contribution in [0.1, 0.15) is 30.1 Å². The van der Waals surface area contributed by atoms with Crippen molar-refractivity contribution in [2.24, 2.45) is 0 Å². The van der Waals surface area contributed by atoms with Crippen molar-refractivity contribution in [3.8, 4) is 11.3 Å². The van der Waals surface area contributed by atoms with Crippen LogP contribution in [0, 0.1) is 5.82 Å². The minimum atomic E-state index is -0.241. The lowest BCUT2D eigenvalue weighted by atomic mass is 10.1. The molecule has 1 aliphatic rings. The lowest BCUT2D eigenvalue weighted by Crippen LogP contribution is -2.19. The third-order valence-electron chi connectivity index (χ3n) is 4.39. The molecule has 0 bridgehead atoms. The maximum atomic E-state index is 13.1. The zero-order valence-corrected chi connectivity index (χ0v) is 13.3. The molecule has 0 unspecified atom stereocenters. The number of hydrogen-bond acceptors (Lipinski definition) is 4. The van der Waals surface area contributed by atoms with E-state index in [-0.39, 0.29) is 5.82 Å². The summed E-state index contributed by atoms with van der Waals surface area (Å²) in [5.41, 5.74) is 2.87. The summed E-state index contributed by atoms with van der Waals surface area (Å²) in [7, 11) is 0. The van der Waals surface area contributed by atoms with Gasteiger partial charge in [-0.25, -0.2) is 4.39 Å². The lowest BCUT2D eigenvalue weighted by molar-refractivity contribution is 0.497. The molecule has 0 saturated carbocycles. The topological polar surface area (TPSA) is 71.4 Å². The number of nitrogens with zero attached hydrogens (tertiary/aromatic N) is 4. The normalized spacial score (nSPS) is 13.9. The summed E-state index contributed by atoms with van der Waals surface area (Å²) < 4.78 is 15.3. The number of H-pyrrole nitrogens is 1. The number of aryl methyl sites for hydroxylation is 1. The molecule has 4 rings (SSSR count). The molecule has 1 aromatic carbocycles. The quantitative estimate of drug-likeness (QED) is 0.755. The second kappa shape index (κ2) is 6.52. The fourth-order valence-corrected chi connectivity index (χ4v) is 3.12. The summed E-state index contributed by atoms with van der Waals surface area (Å²) in [6, 6.07) is 6.41. The first-order valence-electron chi connectivity index (χ1n) is 8.21. The Bertz CT molecular complexity index is 820. The van der Waals surface area contributed by atoms with Crippen molar-refractivity contribution in [3.63, 3.8) is 0 Å². The van der Waals surface area contributed by atoms with Crippen LogP contribution >= 0.6 is 0 Å². The van der Waals surface area contributed by atoms with E-state index in [1.165, 1.54) is 25.0 Å². The zero-order valence-electron chi connectivity index (χ0n) is 13.3. The van der Waals surface area contributed by atoms with Crippen LogP contribution in [0.15, 0.2) is 30.5 Å². The first kappa shape index (κ1) is 15.0. The fourth-order valence-electron chi connectivity index (χ4n) is 3.12. The van der Waals surface area contributed by atoms with Crippen LogP contribution in [0.5, 0.6) is 0 Å². The van der Waals surface area contributed by atoms with Gasteiger partial charge >= 0.3 is 0 Å². The second-order valence-electron chi connectivity index (χ2n) is 6.02. The van der Waals surface area contributed by atoms with Crippen molar-refractivity contribution in [1.82, 2.24) is 30.3 Å². The fraction of sp³-hybridized carbons (Fsp3) is 0.353. The molecule has 0 saturated heterocycles. The van der Waals surface area contributed by atoms with Gasteiger partial charge < -0.3 is 9.88 Å². The van der Waals surface area contributed by atoms with Gasteiger partial charge in [-0.3, -0.25) is 5.10 Å². The van der Waals surface area contributed by atoms with E-state index in [0.29, 0.717) is 13.1 Å². The minimum Gasteiger partial charge on any atom is -0.314 e. The van der Waals surface area contributed by atoms with Gasteiger partial charge in [0.05, 0.1) is 18.4 Å². The van der Waals surface area contributed by atoms with Crippen LogP contribution < -0.4 is 5.32 Å². The SMILES string of the molecule is Fc1ccc(-c2[nH]ncc2CNCc2nnc3n2CCCC3)cc1. The average Bonchev–Trinajstić information content (AvgIpc) is 3.23. The predicted octanol–water partition coefficient (Wildman–Crippen LogP) is 2.43. The third-order valence-corrected chi connectivity index (χ3v) is 4.39. The van der Waals surface area contributed by atoms with Gasteiger partial charge in [-0.1, -0.05) is 0 Å². The van der Waals surface area contributed by atoms with Gasteiger partial charge in [-0.05, 0) is 37.1 Å². The van der Waals surface area contributed by atoms with E-state index >= 15 is 0 Å². The van der Waals surface area contributed by atoms with Crippen LogP contribution in [0.2, 0.25) is 0 Å². The van der Waals surface area contributed by atoms with Crippen LogP contribution in [0.25, 0.3) is 11.3 Å². The van der Waals surface area contributed by atoms with Gasteiger partial charge in [-0.2, -0.15) is 5.10 Å². The average molecular weight is 326 g/mol. The molecule has 3 heterocycles. The molecule has 0 atom stereocenters. The number of hydrogen-bond donors (Lipinski definition) is 2. The molecule has 124 valence electrons. The van der Waals surface area contributed by atoms with Crippen LogP contribution in [0.3, 0.4) is 0 Å². The van der Waals surface area contributed by atoms with Crippen LogP contribution in [-0.2, 0) is 26.1 Å². The number of nitrogens with one attached hydrogen (secondary N) is 2. The van der Waals surface area contributed by atoms with Gasteiger partial charge in [0, 0.05) is 30.6 Å². The highest BCUT2D eigenvalue weighted by Gasteiger charge is 2.15. The first-order chi connectivity index (χ1) is 11.8. The Balaban J connectivity index is 1.43. The van der Waals surface area contributed by atoms with Crippen molar-refractivity contribution in [2.75, 3.05) is 0 Å². The van der Waals surface area contributed by atoms with Gasteiger partial charge in [0.1, 0.15) is 17.5 Å². The van der Waals surface area contributed by atoms with Crippen molar-refractivity contribution < 1.29 is 4.39 Å². The summed E-state index contributed by atoms with van der Waals surface area (Å²) in [6.07, 6.45) is 5.20. The Hall–Kier alpha value is -2.54. The number of fused-ring (bicyclic) bond motifs is 1. The Morgan fingerprint density at radius 3 is 2.88 bits per heavy atom. The maximum absolute atomic E-state index is 13.1. The highest BCUT2D eigenvalue weighted by Crippen LogP contribution is 2.21. The van der Waals surface area contributed by atoms with Gasteiger partial charge in [0.2, 0.25) is 0 Å². The van der Waals surface area contributed by atoms with Crippen molar-refractivity contribution in [1.29, 1.82) is 0 Å². The summed E-state index contributed by atoms with van der Waals surface area (Å²) in [4.78, 5) is 0. The number of aromatic amines is 1. The molecule has 3 aromatic rings. The largest absolute Gasteiger partial charge is 0.314 e. The van der Waals surface area contributed by atoms with Crippen LogP contribution in [0.4, 0.5) is 4.39 Å². The number of benzene rings is 1. The maximum Gasteiger partial charge on any atom is 0.147 e. The molecule has 6 nitrogen and oxygen atoms in total. The standard InChI is InChI=1S/C17H19FN6/c18-14-6-4-12(5-7-14)17-13(10-20-23-17)9-19-11-16-22-21-15-3-1-2-8-24(15)16/h4-7,10,19H,1-3,8-9,11H2,(H,20,23). The van der Waals surface area contributed by atoms with E-state index in [1.54, 1.807) is 18.3 Å². The Kier molecular flexibility index (Phi) is 4.08. The Morgan fingerprint density at radius 1 is 1.12 bits per heavy atom. The highest BCUT2D eigenvalue weighted by atomic mass is 19.1. The number of rotatable bonds is 5. The van der Waals surface area contributed by atoms with E-state index in [2.05, 4.69) is 30.3 Å². The van der Waals surface area contributed by atoms with Gasteiger partial charge in [0.25, 0.3) is 0 Å². The molecule has 0 spiro atoms. The zero-order chi connectivity index (χ0) is 16.4. The number of aromatic nitrogens is 5. The van der Waals surface area contributed by atoms with E-state index in [4.69, 9.17) is 0 Å². The molecule has 0 radical (unpaired) electrons. The molecule has 7 heteroatoms. The molecular formula is C17H19FN6. The minimum absolute atomic E-state index is 0.241. The van der Waals surface area contributed by atoms with Gasteiger partial charge in [0.15, 0.2) is 0 Å². The highest BCUT2D eigenvalue weighted by molar-refractivity contribution is 5.62. The summed E-state index contributed by atoms with van der Waals surface area (Å²) in [6.45, 7) is 2.33. The van der Waals surface area contributed by atoms with Crippen molar-refractivity contribution >= 4 is 0 Å². The second-order valence-corrected chi connectivity index (χ2v) is 6.02. The number of halogens is 1. The molecule has 0 aliphatic carbocycles. The molecule has 2 aromatic heterocycles. The summed E-state index contributed by atoms with van der Waals surface area (Å²) >= 11 is 0. The molecule has 0 amide bonds. The van der Waals surface area contributed by atoms with E-state index < -0.39 is 0 Å². The predicted molar refractivity (Wildman–Crippen MR) is 87.5 cm³/mol. The Morgan fingerprint density at radius 2 is 2.00 bits per heavy atom. The van der Waals surface area contributed by atoms with Crippen molar-refractivity contribution in [2.45, 2.75) is 38.9 Å². The smallest absolute Gasteiger partial charge is 0.147 e. The lowest BCUT2D eigenvalue weighted by Gasteiger charge is -2.14.